The molecule has 152 valence electrons. The van der Waals surface area contributed by atoms with E-state index in [1.165, 1.54) is 36.4 Å². The molecule has 3 rings (SSSR count). The quantitative estimate of drug-likeness (QED) is 0.726. The van der Waals surface area contributed by atoms with Crippen LogP contribution in [-0.4, -0.2) is 43.1 Å². The third kappa shape index (κ3) is 4.52. The highest BCUT2D eigenvalue weighted by molar-refractivity contribution is 7.89. The number of amides is 3. The summed E-state index contributed by atoms with van der Waals surface area (Å²) in [6, 6.07) is 12.1. The number of nitrogens with one attached hydrogen (secondary N) is 2. The summed E-state index contributed by atoms with van der Waals surface area (Å²) in [5.74, 6) is -1.68. The molecule has 1 aliphatic heterocycles. The average molecular weight is 415 g/mol. The number of anilines is 1. The fourth-order valence-corrected chi connectivity index (χ4v) is 4.39. The Morgan fingerprint density at radius 3 is 2.10 bits per heavy atom. The average Bonchev–Trinajstić information content (AvgIpc) is 2.85. The van der Waals surface area contributed by atoms with Gasteiger partial charge in [-0.2, -0.15) is 0 Å². The normalized spacial score (nSPS) is 14.1. The minimum Gasteiger partial charge on any atom is -0.324 e. The van der Waals surface area contributed by atoms with E-state index in [1.54, 1.807) is 32.9 Å². The van der Waals surface area contributed by atoms with Crippen LogP contribution in [0.1, 0.15) is 41.5 Å². The highest BCUT2D eigenvalue weighted by Crippen LogP contribution is 2.22. The number of rotatable bonds is 5. The van der Waals surface area contributed by atoms with E-state index in [0.717, 1.165) is 4.90 Å². The molecule has 0 aliphatic carbocycles. The van der Waals surface area contributed by atoms with E-state index in [-0.39, 0.29) is 21.7 Å². The summed E-state index contributed by atoms with van der Waals surface area (Å²) in [6.45, 7) is 4.69. The van der Waals surface area contributed by atoms with Gasteiger partial charge in [-0.3, -0.25) is 19.3 Å². The summed E-state index contributed by atoms with van der Waals surface area (Å²) < 4.78 is 27.4. The SMILES string of the molecule is CC(C)(C)NS(=O)(=O)c1cccc(NC(=O)CN2C(=O)c3ccccc3C2=O)c1. The van der Waals surface area contributed by atoms with Gasteiger partial charge in [-0.05, 0) is 51.1 Å². The zero-order chi connectivity index (χ0) is 21.4. The summed E-state index contributed by atoms with van der Waals surface area (Å²) in [7, 11) is -3.77. The third-order valence-corrected chi connectivity index (χ3v) is 5.80. The lowest BCUT2D eigenvalue weighted by Gasteiger charge is -2.20. The Hall–Kier alpha value is -3.04. The molecule has 0 unspecified atom stereocenters. The molecule has 0 fully saturated rings. The first-order valence-electron chi connectivity index (χ1n) is 8.87. The summed E-state index contributed by atoms with van der Waals surface area (Å²) >= 11 is 0. The molecule has 0 bridgehead atoms. The molecule has 2 aromatic rings. The molecule has 0 atom stereocenters. The van der Waals surface area contributed by atoms with Gasteiger partial charge in [-0.25, -0.2) is 13.1 Å². The van der Waals surface area contributed by atoms with Crippen LogP contribution in [0.25, 0.3) is 0 Å². The molecule has 8 nitrogen and oxygen atoms in total. The van der Waals surface area contributed by atoms with Crippen molar-refractivity contribution in [1.29, 1.82) is 0 Å². The van der Waals surface area contributed by atoms with E-state index in [1.807, 2.05) is 0 Å². The molecular weight excluding hydrogens is 394 g/mol. The first kappa shape index (κ1) is 20.7. The summed E-state index contributed by atoms with van der Waals surface area (Å²) in [5, 5.41) is 2.53. The largest absolute Gasteiger partial charge is 0.324 e. The lowest BCUT2D eigenvalue weighted by Crippen LogP contribution is -2.40. The topological polar surface area (TPSA) is 113 Å². The molecule has 9 heteroatoms. The van der Waals surface area contributed by atoms with Crippen molar-refractivity contribution in [3.63, 3.8) is 0 Å². The van der Waals surface area contributed by atoms with E-state index in [9.17, 15) is 22.8 Å². The van der Waals surface area contributed by atoms with Gasteiger partial charge in [0.05, 0.1) is 16.0 Å². The Bertz CT molecular complexity index is 1070. The number of nitrogens with zero attached hydrogens (tertiary/aromatic N) is 1. The molecule has 1 aliphatic rings. The number of imide groups is 1. The van der Waals surface area contributed by atoms with Crippen molar-refractivity contribution in [3.05, 3.63) is 59.7 Å². The van der Waals surface area contributed by atoms with Crippen LogP contribution in [-0.2, 0) is 14.8 Å². The van der Waals surface area contributed by atoms with Gasteiger partial charge >= 0.3 is 0 Å². The Kier molecular flexibility index (Phi) is 5.29. The fraction of sp³-hybridized carbons (Fsp3) is 0.250. The molecular formula is C20H21N3O5S. The zero-order valence-corrected chi connectivity index (χ0v) is 17.0. The maximum atomic E-state index is 12.5. The number of benzene rings is 2. The second-order valence-corrected chi connectivity index (χ2v) is 9.36. The predicted octanol–water partition coefficient (Wildman–Crippen LogP) is 2.00. The highest BCUT2D eigenvalue weighted by atomic mass is 32.2. The number of fused-ring (bicyclic) bond motifs is 1. The third-order valence-electron chi connectivity index (χ3n) is 4.05. The predicted molar refractivity (Wildman–Crippen MR) is 107 cm³/mol. The van der Waals surface area contributed by atoms with E-state index in [4.69, 9.17) is 0 Å². The second kappa shape index (κ2) is 7.41. The summed E-state index contributed by atoms with van der Waals surface area (Å²) in [5.41, 5.74) is 0.0884. The smallest absolute Gasteiger partial charge is 0.262 e. The molecule has 0 spiro atoms. The lowest BCUT2D eigenvalue weighted by molar-refractivity contribution is -0.116. The lowest BCUT2D eigenvalue weighted by atomic mass is 10.1. The monoisotopic (exact) mass is 415 g/mol. The first-order valence-corrected chi connectivity index (χ1v) is 10.4. The fourth-order valence-electron chi connectivity index (χ4n) is 2.93. The van der Waals surface area contributed by atoms with Crippen molar-refractivity contribution >= 4 is 33.4 Å². The van der Waals surface area contributed by atoms with Crippen molar-refractivity contribution in [1.82, 2.24) is 9.62 Å². The van der Waals surface area contributed by atoms with Crippen LogP contribution < -0.4 is 10.0 Å². The molecule has 1 heterocycles. The van der Waals surface area contributed by atoms with Crippen LogP contribution >= 0.6 is 0 Å². The van der Waals surface area contributed by atoms with Gasteiger partial charge in [-0.1, -0.05) is 18.2 Å². The van der Waals surface area contributed by atoms with Gasteiger partial charge in [0, 0.05) is 11.2 Å². The van der Waals surface area contributed by atoms with Gasteiger partial charge < -0.3 is 5.32 Å². The number of sulfonamides is 1. The molecule has 0 saturated carbocycles. The zero-order valence-electron chi connectivity index (χ0n) is 16.2. The number of carbonyl (C=O) groups is 3. The van der Waals surface area contributed by atoms with E-state index in [0.29, 0.717) is 0 Å². The van der Waals surface area contributed by atoms with Crippen molar-refractivity contribution in [3.8, 4) is 0 Å². The van der Waals surface area contributed by atoms with Crippen LogP contribution in [0.5, 0.6) is 0 Å². The van der Waals surface area contributed by atoms with Gasteiger partial charge in [0.2, 0.25) is 15.9 Å². The van der Waals surface area contributed by atoms with Crippen molar-refractivity contribution in [2.75, 3.05) is 11.9 Å². The van der Waals surface area contributed by atoms with Gasteiger partial charge in [0.25, 0.3) is 11.8 Å². The van der Waals surface area contributed by atoms with Crippen LogP contribution in [0.15, 0.2) is 53.4 Å². The Balaban J connectivity index is 1.73. The highest BCUT2D eigenvalue weighted by Gasteiger charge is 2.36. The Labute approximate surface area is 169 Å². The van der Waals surface area contributed by atoms with Gasteiger partial charge in [0.1, 0.15) is 6.54 Å². The summed E-state index contributed by atoms with van der Waals surface area (Å²) in [4.78, 5) is 37.9. The van der Waals surface area contributed by atoms with Crippen LogP contribution in [0.3, 0.4) is 0 Å². The van der Waals surface area contributed by atoms with Gasteiger partial charge in [0.15, 0.2) is 0 Å². The molecule has 2 N–H and O–H groups in total. The minimum absolute atomic E-state index is 0.00837. The Morgan fingerprint density at radius 1 is 0.966 bits per heavy atom. The van der Waals surface area contributed by atoms with Crippen LogP contribution in [0.4, 0.5) is 5.69 Å². The van der Waals surface area contributed by atoms with Crippen LogP contribution in [0, 0.1) is 0 Å². The molecule has 0 aromatic heterocycles. The Morgan fingerprint density at radius 2 is 1.55 bits per heavy atom. The van der Waals surface area contributed by atoms with Crippen molar-refractivity contribution in [2.45, 2.75) is 31.2 Å². The molecule has 2 aromatic carbocycles. The molecule has 3 amide bonds. The van der Waals surface area contributed by atoms with Crippen molar-refractivity contribution in [2.24, 2.45) is 0 Å². The van der Waals surface area contributed by atoms with Gasteiger partial charge in [-0.15, -0.1) is 0 Å². The maximum absolute atomic E-state index is 12.5. The number of carbonyl (C=O) groups excluding carboxylic acids is 3. The van der Waals surface area contributed by atoms with Crippen LogP contribution in [0.2, 0.25) is 0 Å². The van der Waals surface area contributed by atoms with E-state index < -0.39 is 39.8 Å². The summed E-state index contributed by atoms with van der Waals surface area (Å²) in [6.07, 6.45) is 0. The maximum Gasteiger partial charge on any atom is 0.262 e. The first-order chi connectivity index (χ1) is 13.5. The number of hydrogen-bond acceptors (Lipinski definition) is 5. The second-order valence-electron chi connectivity index (χ2n) is 7.67. The molecule has 0 saturated heterocycles. The van der Waals surface area contributed by atoms with Crippen molar-refractivity contribution < 1.29 is 22.8 Å². The standard InChI is InChI=1S/C20H21N3O5S/c1-20(2,3)22-29(27,28)14-8-6-7-13(11-14)21-17(24)12-23-18(25)15-9-4-5-10-16(15)19(23)26/h4-11,22H,12H2,1-3H3,(H,21,24). The molecule has 29 heavy (non-hydrogen) atoms. The van der Waals surface area contributed by atoms with E-state index >= 15 is 0 Å². The molecule has 0 radical (unpaired) electrons. The van der Waals surface area contributed by atoms with E-state index in [2.05, 4.69) is 10.0 Å². The number of hydrogen-bond donors (Lipinski definition) is 2. The minimum atomic E-state index is -3.77.